The van der Waals surface area contributed by atoms with Gasteiger partial charge in [-0.15, -0.1) is 0 Å². The molecule has 1 N–H and O–H groups in total. The topological polar surface area (TPSA) is 15.3 Å². The first-order valence-corrected chi connectivity index (χ1v) is 3.94. The van der Waals surface area contributed by atoms with Crippen molar-refractivity contribution in [2.45, 2.75) is 18.5 Å². The van der Waals surface area contributed by atoms with E-state index in [-0.39, 0.29) is 6.67 Å². The summed E-state index contributed by atoms with van der Waals surface area (Å²) in [5.74, 6) is 0. The lowest BCUT2D eigenvalue weighted by Crippen LogP contribution is -2.67. The fourth-order valence-electron chi connectivity index (χ4n) is 2.03. The Morgan fingerprint density at radius 3 is 2.60 bits per heavy atom. The van der Waals surface area contributed by atoms with Gasteiger partial charge in [-0.1, -0.05) is 0 Å². The lowest BCUT2D eigenvalue weighted by Gasteiger charge is -2.52. The van der Waals surface area contributed by atoms with Gasteiger partial charge in [-0.25, -0.2) is 4.39 Å². The Labute approximate surface area is 60.4 Å². The molecule has 2 unspecified atom stereocenters. The van der Waals surface area contributed by atoms with E-state index in [0.717, 1.165) is 13.1 Å². The van der Waals surface area contributed by atoms with E-state index in [2.05, 4.69) is 10.2 Å². The zero-order chi connectivity index (χ0) is 6.97. The van der Waals surface area contributed by atoms with Crippen molar-refractivity contribution in [2.75, 3.05) is 26.3 Å². The lowest BCUT2D eigenvalue weighted by atomic mass is 9.89. The van der Waals surface area contributed by atoms with Crippen molar-refractivity contribution < 1.29 is 4.39 Å². The van der Waals surface area contributed by atoms with E-state index >= 15 is 0 Å². The molecule has 0 amide bonds. The number of nitrogens with zero attached hydrogens (tertiary/aromatic N) is 1. The number of fused-ring (bicyclic) bond motifs is 2. The molecular formula is C7H13FN2. The van der Waals surface area contributed by atoms with E-state index in [1.54, 1.807) is 0 Å². The normalized spacial score (nSPS) is 39.3. The minimum Gasteiger partial charge on any atom is -0.314 e. The second-order valence-electron chi connectivity index (χ2n) is 3.13. The number of hydrogen-bond acceptors (Lipinski definition) is 2. The van der Waals surface area contributed by atoms with Crippen LogP contribution < -0.4 is 5.32 Å². The predicted octanol–water partition coefficient (Wildman–Crippen LogP) is 0.00200. The largest absolute Gasteiger partial charge is 0.314 e. The van der Waals surface area contributed by atoms with E-state index in [0.29, 0.717) is 18.6 Å². The Hall–Kier alpha value is -0.150. The van der Waals surface area contributed by atoms with Gasteiger partial charge in [0.2, 0.25) is 0 Å². The van der Waals surface area contributed by atoms with Crippen molar-refractivity contribution in [3.63, 3.8) is 0 Å². The first-order chi connectivity index (χ1) is 4.92. The summed E-state index contributed by atoms with van der Waals surface area (Å²) in [5, 5.41) is 3.31. The molecular weight excluding hydrogens is 131 g/mol. The minimum absolute atomic E-state index is 0.187. The van der Waals surface area contributed by atoms with Crippen LogP contribution in [0.15, 0.2) is 0 Å². The third kappa shape index (κ3) is 0.847. The number of hydrogen-bond donors (Lipinski definition) is 1. The molecule has 0 spiro atoms. The van der Waals surface area contributed by atoms with Gasteiger partial charge >= 0.3 is 0 Å². The predicted molar refractivity (Wildman–Crippen MR) is 37.7 cm³/mol. The van der Waals surface area contributed by atoms with Crippen molar-refractivity contribution in [1.29, 1.82) is 0 Å². The number of halogens is 1. The third-order valence-electron chi connectivity index (χ3n) is 2.58. The van der Waals surface area contributed by atoms with Crippen LogP contribution in [0.25, 0.3) is 0 Å². The summed E-state index contributed by atoms with van der Waals surface area (Å²) >= 11 is 0. The second kappa shape index (κ2) is 2.47. The highest BCUT2D eigenvalue weighted by Gasteiger charge is 2.40. The summed E-state index contributed by atoms with van der Waals surface area (Å²) in [6.07, 6.45) is 1.28. The Morgan fingerprint density at radius 1 is 1.40 bits per heavy atom. The van der Waals surface area contributed by atoms with Crippen LogP contribution in [0.1, 0.15) is 6.42 Å². The van der Waals surface area contributed by atoms with E-state index < -0.39 is 0 Å². The van der Waals surface area contributed by atoms with Gasteiger partial charge in [-0.3, -0.25) is 4.90 Å². The summed E-state index contributed by atoms with van der Waals surface area (Å²) in [7, 11) is 0. The molecule has 3 rings (SSSR count). The van der Waals surface area contributed by atoms with Gasteiger partial charge in [0, 0.05) is 31.7 Å². The first-order valence-electron chi connectivity index (χ1n) is 3.94. The molecule has 0 aliphatic carbocycles. The Kier molecular flexibility index (Phi) is 1.62. The van der Waals surface area contributed by atoms with Crippen LogP contribution in [0, 0.1) is 0 Å². The van der Waals surface area contributed by atoms with Crippen LogP contribution in [0.3, 0.4) is 0 Å². The van der Waals surface area contributed by atoms with Crippen LogP contribution in [0.4, 0.5) is 4.39 Å². The molecule has 0 radical (unpaired) electrons. The molecule has 3 aliphatic rings. The van der Waals surface area contributed by atoms with Crippen molar-refractivity contribution in [2.24, 2.45) is 0 Å². The van der Waals surface area contributed by atoms with Crippen molar-refractivity contribution >= 4 is 0 Å². The minimum atomic E-state index is -0.187. The smallest absolute Gasteiger partial charge is 0.102 e. The molecule has 3 saturated heterocycles. The Morgan fingerprint density at radius 2 is 2.10 bits per heavy atom. The third-order valence-corrected chi connectivity index (χ3v) is 2.58. The summed E-state index contributed by atoms with van der Waals surface area (Å²) < 4.78 is 11.9. The fourth-order valence-corrected chi connectivity index (χ4v) is 2.03. The number of nitrogens with one attached hydrogen (secondary N) is 1. The number of piperazine rings is 1. The molecule has 3 aliphatic heterocycles. The number of piperidine rings is 1. The summed E-state index contributed by atoms with van der Waals surface area (Å²) in [6.45, 7) is 2.59. The molecule has 0 aromatic rings. The molecule has 3 fully saturated rings. The SMILES string of the molecule is FCCN1C2CNCC1C2. The lowest BCUT2D eigenvalue weighted by molar-refractivity contribution is -0.0167. The zero-order valence-electron chi connectivity index (χ0n) is 6.02. The highest BCUT2D eigenvalue weighted by molar-refractivity contribution is 4.98. The molecule has 0 aromatic heterocycles. The van der Waals surface area contributed by atoms with Crippen molar-refractivity contribution in [3.8, 4) is 0 Å². The molecule has 0 saturated carbocycles. The number of alkyl halides is 1. The fraction of sp³-hybridized carbons (Fsp3) is 1.00. The van der Waals surface area contributed by atoms with Crippen LogP contribution in [-0.2, 0) is 0 Å². The highest BCUT2D eigenvalue weighted by atomic mass is 19.1. The Balaban J connectivity index is 1.87. The number of rotatable bonds is 2. The van der Waals surface area contributed by atoms with E-state index in [1.807, 2.05) is 0 Å². The van der Waals surface area contributed by atoms with Gasteiger partial charge in [0.25, 0.3) is 0 Å². The molecule has 0 aromatic carbocycles. The molecule has 58 valence electrons. The molecule has 3 heterocycles. The van der Waals surface area contributed by atoms with Crippen LogP contribution in [-0.4, -0.2) is 43.3 Å². The summed E-state index contributed by atoms with van der Waals surface area (Å²) in [4.78, 5) is 2.27. The average Bonchev–Trinajstić information content (AvgIpc) is 2.01. The Bertz CT molecular complexity index is 115. The highest BCUT2D eigenvalue weighted by Crippen LogP contribution is 2.27. The summed E-state index contributed by atoms with van der Waals surface area (Å²) in [5.41, 5.74) is 0. The van der Waals surface area contributed by atoms with E-state index in [1.165, 1.54) is 6.42 Å². The first kappa shape index (κ1) is 6.55. The van der Waals surface area contributed by atoms with E-state index in [4.69, 9.17) is 0 Å². The molecule has 2 bridgehead atoms. The van der Waals surface area contributed by atoms with Gasteiger partial charge in [0.05, 0.1) is 0 Å². The monoisotopic (exact) mass is 144 g/mol. The van der Waals surface area contributed by atoms with Crippen LogP contribution in [0.2, 0.25) is 0 Å². The molecule has 2 atom stereocenters. The molecule has 3 heteroatoms. The molecule has 10 heavy (non-hydrogen) atoms. The van der Waals surface area contributed by atoms with Gasteiger partial charge in [0.15, 0.2) is 0 Å². The zero-order valence-corrected chi connectivity index (χ0v) is 6.02. The van der Waals surface area contributed by atoms with Gasteiger partial charge in [-0.2, -0.15) is 0 Å². The van der Waals surface area contributed by atoms with Crippen molar-refractivity contribution in [1.82, 2.24) is 10.2 Å². The second-order valence-corrected chi connectivity index (χ2v) is 3.13. The van der Waals surface area contributed by atoms with Crippen molar-refractivity contribution in [3.05, 3.63) is 0 Å². The van der Waals surface area contributed by atoms with Gasteiger partial charge in [0.1, 0.15) is 6.67 Å². The van der Waals surface area contributed by atoms with Gasteiger partial charge in [-0.05, 0) is 6.42 Å². The maximum Gasteiger partial charge on any atom is 0.102 e. The van der Waals surface area contributed by atoms with Crippen LogP contribution in [0.5, 0.6) is 0 Å². The maximum absolute atomic E-state index is 11.9. The maximum atomic E-state index is 11.9. The van der Waals surface area contributed by atoms with Crippen LogP contribution >= 0.6 is 0 Å². The standard InChI is InChI=1S/C7H13FN2/c8-1-2-10-6-3-7(10)5-9-4-6/h6-7,9H,1-5H2. The summed E-state index contributed by atoms with van der Waals surface area (Å²) in [6, 6.07) is 1.30. The molecule has 2 nitrogen and oxygen atoms in total. The van der Waals surface area contributed by atoms with E-state index in [9.17, 15) is 4.39 Å². The van der Waals surface area contributed by atoms with Gasteiger partial charge < -0.3 is 5.32 Å². The quantitative estimate of drug-likeness (QED) is 0.587. The average molecular weight is 144 g/mol.